The molecule has 0 atom stereocenters. The standard InChI is InChI=1S/C9H15N5O.H2O4S/c10-7-6-8(12-9(11)14(7)15)13-4-2-1-3-5-13;1-5(2,3)4/h6,10,15H,1-5H2,(H2,11,12);(H2,1,2,3,4). The molecule has 0 bridgehead atoms. The molecule has 2 heterocycles. The third kappa shape index (κ3) is 5.42. The van der Waals surface area contributed by atoms with Gasteiger partial charge in [0.2, 0.25) is 5.95 Å². The van der Waals surface area contributed by atoms with E-state index in [0.29, 0.717) is 10.5 Å². The fraction of sp³-hybridized carbons (Fsp3) is 0.556. The van der Waals surface area contributed by atoms with E-state index in [4.69, 9.17) is 28.7 Å². The number of hydrogen-bond donors (Lipinski definition) is 5. The van der Waals surface area contributed by atoms with Crippen LogP contribution in [0.5, 0.6) is 0 Å². The van der Waals surface area contributed by atoms with Gasteiger partial charge in [-0.1, -0.05) is 0 Å². The first-order chi connectivity index (χ1) is 9.18. The van der Waals surface area contributed by atoms with Gasteiger partial charge in [0.15, 0.2) is 5.49 Å². The van der Waals surface area contributed by atoms with Crippen LogP contribution < -0.4 is 16.1 Å². The van der Waals surface area contributed by atoms with E-state index in [-0.39, 0.29) is 11.4 Å². The molecule has 1 aliphatic heterocycles. The number of piperidine rings is 1. The molecule has 0 unspecified atom stereocenters. The summed E-state index contributed by atoms with van der Waals surface area (Å²) in [6.45, 7) is 1.89. The van der Waals surface area contributed by atoms with Crippen molar-refractivity contribution in [1.82, 2.24) is 9.71 Å². The van der Waals surface area contributed by atoms with Gasteiger partial charge < -0.3 is 15.8 Å². The van der Waals surface area contributed by atoms with E-state index >= 15 is 0 Å². The van der Waals surface area contributed by atoms with Gasteiger partial charge in [0.05, 0.1) is 0 Å². The summed E-state index contributed by atoms with van der Waals surface area (Å²) < 4.78 is 32.2. The number of nitrogens with zero attached hydrogens (tertiary/aromatic N) is 3. The molecule has 0 saturated carbocycles. The molecule has 1 fully saturated rings. The maximum atomic E-state index is 9.25. The molecule has 20 heavy (non-hydrogen) atoms. The number of nitrogens with two attached hydrogens (primary N) is 1. The molecular formula is C9H17N5O5S. The van der Waals surface area contributed by atoms with Gasteiger partial charge in [0, 0.05) is 19.2 Å². The Labute approximate surface area is 115 Å². The van der Waals surface area contributed by atoms with Crippen molar-refractivity contribution in [3.05, 3.63) is 11.6 Å². The molecule has 1 aliphatic rings. The summed E-state index contributed by atoms with van der Waals surface area (Å²) in [5.74, 6) is 0.644. The molecule has 2 rings (SSSR count). The maximum Gasteiger partial charge on any atom is 0.394 e. The highest BCUT2D eigenvalue weighted by molar-refractivity contribution is 7.79. The summed E-state index contributed by atoms with van der Waals surface area (Å²) in [6.07, 6.45) is 3.53. The number of rotatable bonds is 1. The SMILES string of the molecule is N=c1cc(N2CCCCC2)nc(N)n1O.O=S(=O)(O)O. The van der Waals surface area contributed by atoms with Crippen LogP contribution in [0.2, 0.25) is 0 Å². The smallest absolute Gasteiger partial charge is 0.394 e. The number of hydrogen-bond acceptors (Lipinski definition) is 7. The monoisotopic (exact) mass is 307 g/mol. The highest BCUT2D eigenvalue weighted by Gasteiger charge is 2.13. The molecule has 0 radical (unpaired) electrons. The third-order valence-corrected chi connectivity index (χ3v) is 2.62. The van der Waals surface area contributed by atoms with Crippen LogP contribution in [0.25, 0.3) is 0 Å². The Morgan fingerprint density at radius 3 is 2.20 bits per heavy atom. The highest BCUT2D eigenvalue weighted by Crippen LogP contribution is 2.16. The van der Waals surface area contributed by atoms with Gasteiger partial charge in [-0.15, -0.1) is 4.73 Å². The summed E-state index contributed by atoms with van der Waals surface area (Å²) in [7, 11) is -4.67. The Hall–Kier alpha value is -1.85. The quantitative estimate of drug-likeness (QED) is 0.342. The van der Waals surface area contributed by atoms with Crippen LogP contribution in [-0.4, -0.2) is 45.5 Å². The van der Waals surface area contributed by atoms with Crippen molar-refractivity contribution in [2.24, 2.45) is 0 Å². The molecule has 0 amide bonds. The van der Waals surface area contributed by atoms with Crippen molar-refractivity contribution in [3.8, 4) is 0 Å². The second-order valence-electron chi connectivity index (χ2n) is 4.17. The van der Waals surface area contributed by atoms with Gasteiger partial charge in [-0.05, 0) is 19.3 Å². The van der Waals surface area contributed by atoms with E-state index in [1.165, 1.54) is 12.5 Å². The van der Waals surface area contributed by atoms with E-state index in [9.17, 15) is 5.21 Å². The van der Waals surface area contributed by atoms with E-state index in [1.807, 2.05) is 0 Å². The Morgan fingerprint density at radius 2 is 1.75 bits per heavy atom. The highest BCUT2D eigenvalue weighted by atomic mass is 32.3. The zero-order valence-electron chi connectivity index (χ0n) is 10.6. The fourth-order valence-corrected chi connectivity index (χ4v) is 1.79. The fourth-order valence-electron chi connectivity index (χ4n) is 1.79. The van der Waals surface area contributed by atoms with Crippen molar-refractivity contribution in [1.29, 1.82) is 5.41 Å². The molecule has 0 aliphatic carbocycles. The van der Waals surface area contributed by atoms with E-state index < -0.39 is 10.4 Å². The van der Waals surface area contributed by atoms with Crippen LogP contribution in [0.15, 0.2) is 6.07 Å². The molecule has 0 aromatic carbocycles. The first kappa shape index (κ1) is 16.2. The van der Waals surface area contributed by atoms with E-state index in [2.05, 4.69) is 9.88 Å². The van der Waals surface area contributed by atoms with Crippen LogP contribution in [0.4, 0.5) is 11.8 Å². The Bertz CT molecular complexity index is 600. The van der Waals surface area contributed by atoms with Gasteiger partial charge in [-0.25, -0.2) is 0 Å². The number of anilines is 2. The minimum absolute atomic E-state index is 0.0388. The minimum Gasteiger partial charge on any atom is -0.423 e. The van der Waals surface area contributed by atoms with E-state index in [1.54, 1.807) is 0 Å². The predicted octanol–water partition coefficient (Wildman–Crippen LogP) is -0.480. The van der Waals surface area contributed by atoms with Crippen LogP contribution in [0, 0.1) is 5.41 Å². The molecule has 0 spiro atoms. The lowest BCUT2D eigenvalue weighted by Gasteiger charge is -2.27. The number of nitrogen functional groups attached to an aromatic ring is 1. The first-order valence-electron chi connectivity index (χ1n) is 5.76. The summed E-state index contributed by atoms with van der Waals surface area (Å²) in [6, 6.07) is 1.53. The van der Waals surface area contributed by atoms with Gasteiger partial charge in [0.25, 0.3) is 0 Å². The molecule has 10 nitrogen and oxygen atoms in total. The second kappa shape index (κ2) is 6.54. The van der Waals surface area contributed by atoms with Crippen LogP contribution >= 0.6 is 0 Å². The summed E-state index contributed by atoms with van der Waals surface area (Å²) in [5.41, 5.74) is 5.44. The molecule has 6 N–H and O–H groups in total. The van der Waals surface area contributed by atoms with Crippen LogP contribution in [0.3, 0.4) is 0 Å². The van der Waals surface area contributed by atoms with Crippen molar-refractivity contribution in [2.75, 3.05) is 23.7 Å². The average molecular weight is 307 g/mol. The van der Waals surface area contributed by atoms with Crippen molar-refractivity contribution < 1.29 is 22.7 Å². The number of nitrogens with one attached hydrogen (secondary N) is 1. The Kier molecular flexibility index (Phi) is 5.30. The molecule has 1 aromatic heterocycles. The first-order valence-corrected chi connectivity index (χ1v) is 7.16. The molecule has 1 aromatic rings. The normalized spacial score (nSPS) is 15.4. The predicted molar refractivity (Wildman–Crippen MR) is 69.9 cm³/mol. The molecule has 11 heteroatoms. The van der Waals surface area contributed by atoms with E-state index in [0.717, 1.165) is 25.9 Å². The Morgan fingerprint density at radius 1 is 1.25 bits per heavy atom. The molecule has 114 valence electrons. The molecule has 1 saturated heterocycles. The van der Waals surface area contributed by atoms with Crippen LogP contribution in [0.1, 0.15) is 19.3 Å². The topological polar surface area (TPSA) is 166 Å². The van der Waals surface area contributed by atoms with Crippen molar-refractivity contribution in [2.45, 2.75) is 19.3 Å². The van der Waals surface area contributed by atoms with Gasteiger partial charge in [-0.3, -0.25) is 14.5 Å². The zero-order chi connectivity index (χ0) is 15.3. The third-order valence-electron chi connectivity index (χ3n) is 2.62. The molecular weight excluding hydrogens is 290 g/mol. The Balaban J connectivity index is 0.000000347. The average Bonchev–Trinajstić information content (AvgIpc) is 2.34. The lowest BCUT2D eigenvalue weighted by Crippen LogP contribution is -2.33. The van der Waals surface area contributed by atoms with Gasteiger partial charge in [-0.2, -0.15) is 13.4 Å². The summed E-state index contributed by atoms with van der Waals surface area (Å²) in [4.78, 5) is 6.15. The minimum atomic E-state index is -4.67. The largest absolute Gasteiger partial charge is 0.423 e. The number of aromatic nitrogens is 2. The lowest BCUT2D eigenvalue weighted by molar-refractivity contribution is 0.174. The lowest BCUT2D eigenvalue weighted by atomic mass is 10.1. The van der Waals surface area contributed by atoms with Gasteiger partial charge >= 0.3 is 10.4 Å². The summed E-state index contributed by atoms with van der Waals surface area (Å²) >= 11 is 0. The van der Waals surface area contributed by atoms with Crippen LogP contribution in [-0.2, 0) is 10.4 Å². The van der Waals surface area contributed by atoms with Crippen molar-refractivity contribution >= 4 is 22.2 Å². The van der Waals surface area contributed by atoms with Crippen molar-refractivity contribution in [3.63, 3.8) is 0 Å². The van der Waals surface area contributed by atoms with Gasteiger partial charge in [0.1, 0.15) is 5.82 Å². The maximum absolute atomic E-state index is 9.25. The summed E-state index contributed by atoms with van der Waals surface area (Å²) in [5, 5.41) is 16.7. The zero-order valence-corrected chi connectivity index (χ0v) is 11.4. The second-order valence-corrected chi connectivity index (χ2v) is 5.06.